The van der Waals surface area contributed by atoms with Crippen molar-refractivity contribution in [2.45, 2.75) is 85.0 Å². The monoisotopic (exact) mass is 553 g/mol. The van der Waals surface area contributed by atoms with Crippen LogP contribution in [0.1, 0.15) is 71.6 Å². The third-order valence-corrected chi connectivity index (χ3v) is 6.15. The van der Waals surface area contributed by atoms with E-state index in [1.165, 1.54) is 12.0 Å². The van der Waals surface area contributed by atoms with Crippen molar-refractivity contribution >= 4 is 36.5 Å². The number of ether oxygens (including phenoxy) is 2. The molecule has 0 fully saturated rings. The number of para-hydroxylation sites is 1. The Balaban J connectivity index is 3.61. The molecular formula is C27H43N3O7S. The van der Waals surface area contributed by atoms with E-state index in [0.717, 1.165) is 6.42 Å². The van der Waals surface area contributed by atoms with Crippen LogP contribution in [0, 0.1) is 12.8 Å². The Morgan fingerprint density at radius 1 is 1.11 bits per heavy atom. The highest BCUT2D eigenvalue weighted by Crippen LogP contribution is 2.34. The number of hydrogen-bond acceptors (Lipinski definition) is 8. The molecule has 3 N–H and O–H groups in total. The van der Waals surface area contributed by atoms with Crippen molar-refractivity contribution in [3.05, 3.63) is 29.3 Å². The molecule has 10 nitrogen and oxygen atoms in total. The van der Waals surface area contributed by atoms with E-state index < -0.39 is 54.1 Å². The Morgan fingerprint density at radius 2 is 1.74 bits per heavy atom. The number of carbonyl (C=O) groups excluding carboxylic acids is 4. The Labute approximate surface area is 231 Å². The molecule has 0 aliphatic carbocycles. The average Bonchev–Trinajstić information content (AvgIpc) is 2.83. The fraction of sp³-hybridized carbons (Fsp3) is 0.630. The van der Waals surface area contributed by atoms with Crippen LogP contribution in [-0.4, -0.2) is 71.0 Å². The predicted octanol–water partition coefficient (Wildman–Crippen LogP) is 3.51. The van der Waals surface area contributed by atoms with Crippen LogP contribution in [0.25, 0.3) is 0 Å². The van der Waals surface area contributed by atoms with Gasteiger partial charge in [0.15, 0.2) is 0 Å². The van der Waals surface area contributed by atoms with Gasteiger partial charge in [0.1, 0.15) is 30.0 Å². The second-order valence-corrected chi connectivity index (χ2v) is 11.0. The number of esters is 1. The standard InChI is InChI=1S/C27H43N3O7S/c1-16(2)12-13-18(4)30(25(34)20(15-38)29-26(35)37-27(5,6)7)22(24(33)28-14-21(31)36-8)19-11-9-10-17(3)23(19)32/h9-11,16,18,20,22,32,38H,12-15H2,1-8H3,(H,28,33)(H,29,35). The molecule has 0 aliphatic heterocycles. The SMILES string of the molecule is COC(=O)CNC(=O)C(c1cccc(C)c1O)N(C(=O)C(CS)NC(=O)OC(C)(C)C)C(C)CCC(C)C. The molecule has 1 rings (SSSR count). The van der Waals surface area contributed by atoms with E-state index in [1.807, 2.05) is 13.8 Å². The highest BCUT2D eigenvalue weighted by Gasteiger charge is 2.40. The molecule has 3 amide bonds. The number of methoxy groups -OCH3 is 1. The summed E-state index contributed by atoms with van der Waals surface area (Å²) in [5, 5.41) is 16.0. The zero-order valence-corrected chi connectivity index (χ0v) is 24.6. The average molecular weight is 554 g/mol. The lowest BCUT2D eigenvalue weighted by Gasteiger charge is -2.38. The van der Waals surface area contributed by atoms with Crippen LogP contribution < -0.4 is 10.6 Å². The third kappa shape index (κ3) is 10.1. The first-order chi connectivity index (χ1) is 17.6. The molecule has 0 saturated heterocycles. The Hall–Kier alpha value is -2.95. The van der Waals surface area contributed by atoms with E-state index in [4.69, 9.17) is 4.74 Å². The highest BCUT2D eigenvalue weighted by molar-refractivity contribution is 7.80. The third-order valence-electron chi connectivity index (χ3n) is 5.79. The summed E-state index contributed by atoms with van der Waals surface area (Å²) >= 11 is 4.28. The fourth-order valence-corrected chi connectivity index (χ4v) is 4.02. The molecule has 0 spiro atoms. The maximum atomic E-state index is 14.0. The predicted molar refractivity (Wildman–Crippen MR) is 148 cm³/mol. The molecule has 3 atom stereocenters. The number of carbonyl (C=O) groups is 4. The Morgan fingerprint density at radius 3 is 2.26 bits per heavy atom. The summed E-state index contributed by atoms with van der Waals surface area (Å²) in [6, 6.07) is 1.98. The van der Waals surface area contributed by atoms with Crippen LogP contribution in [0.3, 0.4) is 0 Å². The number of alkyl carbamates (subject to hydrolysis) is 1. The van der Waals surface area contributed by atoms with Gasteiger partial charge in [-0.3, -0.25) is 14.4 Å². The first-order valence-corrected chi connectivity index (χ1v) is 13.3. The van der Waals surface area contributed by atoms with Crippen LogP contribution in [0.5, 0.6) is 5.75 Å². The quantitative estimate of drug-likeness (QED) is 0.230. The van der Waals surface area contributed by atoms with Crippen LogP contribution in [0.15, 0.2) is 18.2 Å². The van der Waals surface area contributed by atoms with E-state index in [2.05, 4.69) is 28.0 Å². The minimum Gasteiger partial charge on any atom is -0.507 e. The number of benzene rings is 1. The van der Waals surface area contributed by atoms with Gasteiger partial charge in [0, 0.05) is 17.4 Å². The summed E-state index contributed by atoms with van der Waals surface area (Å²) in [5.74, 6) is -1.83. The molecule has 0 aliphatic rings. The highest BCUT2D eigenvalue weighted by atomic mass is 32.1. The van der Waals surface area contributed by atoms with Gasteiger partial charge in [0.05, 0.1) is 7.11 Å². The van der Waals surface area contributed by atoms with Crippen molar-refractivity contribution in [1.29, 1.82) is 0 Å². The van der Waals surface area contributed by atoms with Crippen LogP contribution in [0.4, 0.5) is 4.79 Å². The maximum absolute atomic E-state index is 14.0. The van der Waals surface area contributed by atoms with Gasteiger partial charge in [-0.05, 0) is 58.9 Å². The first kappa shape index (κ1) is 33.1. The molecule has 0 aromatic heterocycles. The maximum Gasteiger partial charge on any atom is 0.408 e. The summed E-state index contributed by atoms with van der Waals surface area (Å²) < 4.78 is 9.95. The number of hydrogen-bond donors (Lipinski definition) is 4. The molecule has 0 radical (unpaired) electrons. The molecule has 0 saturated carbocycles. The van der Waals surface area contributed by atoms with Crippen molar-refractivity contribution < 1.29 is 33.8 Å². The van der Waals surface area contributed by atoms with Gasteiger partial charge in [-0.1, -0.05) is 32.0 Å². The zero-order valence-electron chi connectivity index (χ0n) is 23.7. The number of aryl methyl sites for hydroxylation is 1. The summed E-state index contributed by atoms with van der Waals surface area (Å²) in [6.45, 7) is 12.3. The molecule has 38 heavy (non-hydrogen) atoms. The molecule has 214 valence electrons. The smallest absolute Gasteiger partial charge is 0.408 e. The van der Waals surface area contributed by atoms with Crippen LogP contribution in [0.2, 0.25) is 0 Å². The second kappa shape index (κ2) is 14.8. The number of amides is 3. The molecule has 0 bridgehead atoms. The van der Waals surface area contributed by atoms with E-state index in [-0.39, 0.29) is 17.1 Å². The van der Waals surface area contributed by atoms with Crippen molar-refractivity contribution in [3.8, 4) is 5.75 Å². The number of phenolic OH excluding ortho intramolecular Hbond substituents is 1. The van der Waals surface area contributed by atoms with Gasteiger partial charge >= 0.3 is 12.1 Å². The van der Waals surface area contributed by atoms with E-state index in [1.54, 1.807) is 52.8 Å². The van der Waals surface area contributed by atoms with Gasteiger partial charge in [-0.25, -0.2) is 4.79 Å². The number of phenols is 1. The minimum absolute atomic E-state index is 0.0677. The largest absolute Gasteiger partial charge is 0.507 e. The lowest BCUT2D eigenvalue weighted by molar-refractivity contribution is -0.146. The van der Waals surface area contributed by atoms with E-state index in [0.29, 0.717) is 17.9 Å². The number of rotatable bonds is 12. The fourth-order valence-electron chi connectivity index (χ4n) is 3.78. The van der Waals surface area contributed by atoms with Crippen molar-refractivity contribution in [2.75, 3.05) is 19.4 Å². The van der Waals surface area contributed by atoms with Crippen LogP contribution in [-0.2, 0) is 23.9 Å². The molecular weight excluding hydrogens is 510 g/mol. The van der Waals surface area contributed by atoms with Crippen molar-refractivity contribution in [3.63, 3.8) is 0 Å². The topological polar surface area (TPSA) is 134 Å². The van der Waals surface area contributed by atoms with Gasteiger partial charge in [-0.15, -0.1) is 0 Å². The molecule has 1 aromatic rings. The van der Waals surface area contributed by atoms with E-state index >= 15 is 0 Å². The first-order valence-electron chi connectivity index (χ1n) is 12.7. The Bertz CT molecular complexity index is 978. The second-order valence-electron chi connectivity index (χ2n) is 10.7. The molecule has 3 unspecified atom stereocenters. The van der Waals surface area contributed by atoms with Gasteiger partial charge < -0.3 is 30.1 Å². The van der Waals surface area contributed by atoms with Gasteiger partial charge in [0.25, 0.3) is 0 Å². The van der Waals surface area contributed by atoms with Crippen molar-refractivity contribution in [1.82, 2.24) is 15.5 Å². The normalized spacial score (nSPS) is 13.7. The zero-order chi connectivity index (χ0) is 29.2. The molecule has 1 aromatic carbocycles. The number of nitrogens with one attached hydrogen (secondary N) is 2. The summed E-state index contributed by atoms with van der Waals surface area (Å²) in [6.07, 6.45) is 0.499. The summed E-state index contributed by atoms with van der Waals surface area (Å²) in [4.78, 5) is 53.2. The van der Waals surface area contributed by atoms with E-state index in [9.17, 15) is 24.3 Å². The lowest BCUT2D eigenvalue weighted by Crippen LogP contribution is -2.56. The number of nitrogens with zero attached hydrogens (tertiary/aromatic N) is 1. The molecule has 0 heterocycles. The van der Waals surface area contributed by atoms with Gasteiger partial charge in [-0.2, -0.15) is 12.6 Å². The molecule has 11 heteroatoms. The van der Waals surface area contributed by atoms with Crippen LogP contribution >= 0.6 is 12.6 Å². The van der Waals surface area contributed by atoms with Crippen molar-refractivity contribution in [2.24, 2.45) is 5.92 Å². The summed E-state index contributed by atoms with van der Waals surface area (Å²) in [5.41, 5.74) is -0.0947. The minimum atomic E-state index is -1.31. The lowest BCUT2D eigenvalue weighted by atomic mass is 9.95. The number of aromatic hydroxyl groups is 1. The summed E-state index contributed by atoms with van der Waals surface area (Å²) in [7, 11) is 1.20. The Kier molecular flexibility index (Phi) is 12.9. The van der Waals surface area contributed by atoms with Gasteiger partial charge in [0.2, 0.25) is 11.8 Å². The number of thiol groups is 1.